The number of terminal acetylenes is 1. The molecule has 0 radical (unpaired) electrons. The molecular formula is C17H14O2. The Bertz CT molecular complexity index is 567. The second kappa shape index (κ2) is 6.53. The molecular weight excluding hydrogens is 236 g/mol. The molecule has 19 heavy (non-hydrogen) atoms. The smallest absolute Gasteiger partial charge is 0.196 e. The molecule has 2 heteroatoms. The summed E-state index contributed by atoms with van der Waals surface area (Å²) in [6, 6.07) is 18.5. The molecule has 0 saturated carbocycles. The van der Waals surface area contributed by atoms with E-state index in [9.17, 15) is 4.79 Å². The van der Waals surface area contributed by atoms with Crippen LogP contribution in [0.4, 0.5) is 0 Å². The molecule has 0 aliphatic rings. The third-order valence-corrected chi connectivity index (χ3v) is 2.73. The lowest BCUT2D eigenvalue weighted by atomic mass is 10.00. The van der Waals surface area contributed by atoms with Crippen molar-refractivity contribution in [3.05, 3.63) is 71.8 Å². The zero-order chi connectivity index (χ0) is 13.5. The van der Waals surface area contributed by atoms with Crippen LogP contribution in [0.2, 0.25) is 0 Å². The van der Waals surface area contributed by atoms with E-state index in [-0.39, 0.29) is 12.4 Å². The van der Waals surface area contributed by atoms with Gasteiger partial charge in [0.05, 0.1) is 0 Å². The molecule has 0 saturated heterocycles. The first-order chi connectivity index (χ1) is 9.33. The van der Waals surface area contributed by atoms with Crippen molar-refractivity contribution in [3.63, 3.8) is 0 Å². The number of carbonyl (C=O) groups excluding carboxylic acids is 1. The van der Waals surface area contributed by atoms with Gasteiger partial charge in [0.15, 0.2) is 5.78 Å². The lowest BCUT2D eigenvalue weighted by Crippen LogP contribution is -2.16. The van der Waals surface area contributed by atoms with Gasteiger partial charge in [0.1, 0.15) is 12.7 Å². The van der Waals surface area contributed by atoms with E-state index in [0.29, 0.717) is 5.56 Å². The Labute approximate surface area is 113 Å². The molecule has 2 aromatic carbocycles. The second-order valence-corrected chi connectivity index (χ2v) is 4.04. The second-order valence-electron chi connectivity index (χ2n) is 4.04. The van der Waals surface area contributed by atoms with Gasteiger partial charge in [-0.15, -0.1) is 6.42 Å². The Morgan fingerprint density at radius 2 is 1.63 bits per heavy atom. The highest BCUT2D eigenvalue weighted by Gasteiger charge is 2.22. The Balaban J connectivity index is 2.29. The van der Waals surface area contributed by atoms with Gasteiger partial charge in [0, 0.05) is 5.56 Å². The number of carbonyl (C=O) groups is 1. The van der Waals surface area contributed by atoms with Crippen molar-refractivity contribution in [2.24, 2.45) is 0 Å². The molecule has 2 aromatic rings. The Kier molecular flexibility index (Phi) is 4.49. The molecule has 0 amide bonds. The van der Waals surface area contributed by atoms with E-state index in [0.717, 1.165) is 5.56 Å². The number of ketones is 1. The molecule has 0 fully saturated rings. The molecule has 0 aliphatic carbocycles. The van der Waals surface area contributed by atoms with Gasteiger partial charge in [-0.2, -0.15) is 0 Å². The summed E-state index contributed by atoms with van der Waals surface area (Å²) in [5.74, 6) is 2.32. The van der Waals surface area contributed by atoms with Gasteiger partial charge < -0.3 is 4.74 Å². The SMILES string of the molecule is C#CCOC(C(=O)c1ccccc1)c1ccccc1. The summed E-state index contributed by atoms with van der Waals surface area (Å²) in [6.07, 6.45) is 4.55. The molecule has 2 rings (SSSR count). The first-order valence-corrected chi connectivity index (χ1v) is 6.02. The van der Waals surface area contributed by atoms with Crippen LogP contribution in [0, 0.1) is 12.3 Å². The molecule has 94 valence electrons. The largest absolute Gasteiger partial charge is 0.353 e. The van der Waals surface area contributed by atoms with Crippen LogP contribution in [0.3, 0.4) is 0 Å². The van der Waals surface area contributed by atoms with Gasteiger partial charge in [-0.3, -0.25) is 4.79 Å². The summed E-state index contributed by atoms with van der Waals surface area (Å²) in [5.41, 5.74) is 1.43. The van der Waals surface area contributed by atoms with Crippen molar-refractivity contribution in [1.82, 2.24) is 0 Å². The van der Waals surface area contributed by atoms with Crippen molar-refractivity contribution in [1.29, 1.82) is 0 Å². The predicted molar refractivity (Wildman–Crippen MR) is 74.7 cm³/mol. The van der Waals surface area contributed by atoms with Crippen LogP contribution < -0.4 is 0 Å². The lowest BCUT2D eigenvalue weighted by molar-refractivity contribution is 0.0518. The molecule has 1 unspecified atom stereocenters. The number of ether oxygens (including phenoxy) is 1. The maximum absolute atomic E-state index is 12.5. The highest BCUT2D eigenvalue weighted by atomic mass is 16.5. The molecule has 0 heterocycles. The van der Waals surface area contributed by atoms with Crippen LogP contribution in [0.5, 0.6) is 0 Å². The fourth-order valence-corrected chi connectivity index (χ4v) is 1.84. The Hall–Kier alpha value is -2.37. The number of Topliss-reactive ketones (excluding diaryl/α,β-unsaturated/α-hetero) is 1. The Morgan fingerprint density at radius 1 is 1.05 bits per heavy atom. The molecule has 0 bridgehead atoms. The number of benzene rings is 2. The van der Waals surface area contributed by atoms with Crippen LogP contribution in [0.15, 0.2) is 60.7 Å². The third-order valence-electron chi connectivity index (χ3n) is 2.73. The first kappa shape index (κ1) is 13.1. The highest BCUT2D eigenvalue weighted by Crippen LogP contribution is 2.22. The fraction of sp³-hybridized carbons (Fsp3) is 0.118. The molecule has 0 N–H and O–H groups in total. The van der Waals surface area contributed by atoms with E-state index < -0.39 is 6.10 Å². The van der Waals surface area contributed by atoms with Gasteiger partial charge in [-0.25, -0.2) is 0 Å². The van der Waals surface area contributed by atoms with Gasteiger partial charge in [-0.05, 0) is 5.56 Å². The van der Waals surface area contributed by atoms with Gasteiger partial charge in [0.25, 0.3) is 0 Å². The minimum absolute atomic E-state index is 0.0814. The van der Waals surface area contributed by atoms with Crippen LogP contribution >= 0.6 is 0 Å². The van der Waals surface area contributed by atoms with Crippen LogP contribution in [0.1, 0.15) is 22.0 Å². The first-order valence-electron chi connectivity index (χ1n) is 6.02. The van der Waals surface area contributed by atoms with Crippen LogP contribution in [0.25, 0.3) is 0 Å². The van der Waals surface area contributed by atoms with E-state index in [4.69, 9.17) is 11.2 Å². The van der Waals surface area contributed by atoms with Gasteiger partial charge in [0.2, 0.25) is 0 Å². The monoisotopic (exact) mass is 250 g/mol. The van der Waals surface area contributed by atoms with Crippen molar-refractivity contribution < 1.29 is 9.53 Å². The predicted octanol–water partition coefficient (Wildman–Crippen LogP) is 3.26. The maximum atomic E-state index is 12.5. The number of rotatable bonds is 5. The summed E-state index contributed by atoms with van der Waals surface area (Å²) in [5, 5.41) is 0. The average molecular weight is 250 g/mol. The third kappa shape index (κ3) is 3.31. The normalized spacial score (nSPS) is 11.5. The van der Waals surface area contributed by atoms with E-state index in [1.54, 1.807) is 12.1 Å². The van der Waals surface area contributed by atoms with E-state index >= 15 is 0 Å². The molecule has 0 aromatic heterocycles. The molecule has 1 atom stereocenters. The van der Waals surface area contributed by atoms with Gasteiger partial charge in [-0.1, -0.05) is 66.6 Å². The minimum Gasteiger partial charge on any atom is -0.353 e. The topological polar surface area (TPSA) is 26.3 Å². The standard InChI is InChI=1S/C17H14O2/c1-2-13-19-17(15-11-7-4-8-12-15)16(18)14-9-5-3-6-10-14/h1,3-12,17H,13H2. The van der Waals surface area contributed by atoms with Crippen LogP contribution in [-0.4, -0.2) is 12.4 Å². The van der Waals surface area contributed by atoms with Crippen molar-refractivity contribution in [3.8, 4) is 12.3 Å². The maximum Gasteiger partial charge on any atom is 0.196 e. The molecule has 0 spiro atoms. The summed E-state index contributed by atoms with van der Waals surface area (Å²) in [6.45, 7) is 0.109. The number of hydrogen-bond donors (Lipinski definition) is 0. The summed E-state index contributed by atoms with van der Waals surface area (Å²) >= 11 is 0. The fourth-order valence-electron chi connectivity index (χ4n) is 1.84. The van der Waals surface area contributed by atoms with E-state index in [1.807, 2.05) is 48.5 Å². The van der Waals surface area contributed by atoms with Crippen molar-refractivity contribution >= 4 is 5.78 Å². The average Bonchev–Trinajstić information content (AvgIpc) is 2.49. The quantitative estimate of drug-likeness (QED) is 0.601. The number of hydrogen-bond acceptors (Lipinski definition) is 2. The molecule has 2 nitrogen and oxygen atoms in total. The zero-order valence-corrected chi connectivity index (χ0v) is 10.5. The molecule has 0 aliphatic heterocycles. The summed E-state index contributed by atoms with van der Waals surface area (Å²) in [4.78, 5) is 12.5. The summed E-state index contributed by atoms with van der Waals surface area (Å²) in [7, 11) is 0. The highest BCUT2D eigenvalue weighted by molar-refractivity contribution is 6.00. The van der Waals surface area contributed by atoms with Crippen LogP contribution in [-0.2, 0) is 4.74 Å². The lowest BCUT2D eigenvalue weighted by Gasteiger charge is -2.15. The Morgan fingerprint density at radius 3 is 2.21 bits per heavy atom. The minimum atomic E-state index is -0.653. The van der Waals surface area contributed by atoms with Gasteiger partial charge >= 0.3 is 0 Å². The van der Waals surface area contributed by atoms with Crippen molar-refractivity contribution in [2.45, 2.75) is 6.10 Å². The van der Waals surface area contributed by atoms with E-state index in [2.05, 4.69) is 5.92 Å². The zero-order valence-electron chi connectivity index (χ0n) is 10.5. The van der Waals surface area contributed by atoms with Crippen molar-refractivity contribution in [2.75, 3.05) is 6.61 Å². The summed E-state index contributed by atoms with van der Waals surface area (Å²) < 4.78 is 5.51. The van der Waals surface area contributed by atoms with E-state index in [1.165, 1.54) is 0 Å².